The predicted molar refractivity (Wildman–Crippen MR) is 94.0 cm³/mol. The third-order valence-corrected chi connectivity index (χ3v) is 3.13. The van der Waals surface area contributed by atoms with Gasteiger partial charge in [-0.2, -0.15) is 0 Å². The van der Waals surface area contributed by atoms with E-state index in [0.717, 1.165) is 17.0 Å². The molecule has 0 unspecified atom stereocenters. The summed E-state index contributed by atoms with van der Waals surface area (Å²) in [5.74, 6) is 0.670. The summed E-state index contributed by atoms with van der Waals surface area (Å²) < 4.78 is 5.73. The molecule has 112 valence electrons. The van der Waals surface area contributed by atoms with E-state index in [1.54, 1.807) is 6.08 Å². The molecule has 2 rings (SSSR count). The van der Waals surface area contributed by atoms with Gasteiger partial charge in [0.1, 0.15) is 11.5 Å². The third kappa shape index (κ3) is 4.34. The zero-order chi connectivity index (χ0) is 15.8. The summed E-state index contributed by atoms with van der Waals surface area (Å²) >= 11 is 6.12. The lowest BCUT2D eigenvalue weighted by Crippen LogP contribution is -2.08. The van der Waals surface area contributed by atoms with Crippen LogP contribution in [0.15, 0.2) is 84.1 Å². The highest BCUT2D eigenvalue weighted by molar-refractivity contribution is 6.31. The predicted octanol–water partition coefficient (Wildman–Crippen LogP) is 5.57. The van der Waals surface area contributed by atoms with E-state index in [1.165, 1.54) is 0 Å². The van der Waals surface area contributed by atoms with Crippen molar-refractivity contribution in [2.45, 2.75) is 6.92 Å². The highest BCUT2D eigenvalue weighted by atomic mass is 35.5. The molecule has 0 aliphatic rings. The summed E-state index contributed by atoms with van der Waals surface area (Å²) in [6.07, 6.45) is 3.50. The molecule has 2 aromatic carbocycles. The van der Waals surface area contributed by atoms with Gasteiger partial charge in [0.2, 0.25) is 0 Å². The lowest BCUT2D eigenvalue weighted by molar-refractivity contribution is 0.250. The van der Waals surface area contributed by atoms with E-state index in [-0.39, 0.29) is 0 Å². The molecule has 0 aliphatic heterocycles. The molecular weight excluding hydrogens is 294 g/mol. The molecule has 0 fully saturated rings. The average molecular weight is 312 g/mol. The Bertz CT molecular complexity index is 690. The monoisotopic (exact) mass is 311 g/mol. The fourth-order valence-electron chi connectivity index (χ4n) is 1.99. The van der Waals surface area contributed by atoms with Crippen LogP contribution < -0.4 is 0 Å². The Morgan fingerprint density at radius 2 is 1.95 bits per heavy atom. The molecule has 2 aromatic rings. The van der Waals surface area contributed by atoms with E-state index in [2.05, 4.69) is 6.58 Å². The molecule has 3 heteroatoms. The highest BCUT2D eigenvalue weighted by Crippen LogP contribution is 2.20. The van der Waals surface area contributed by atoms with Crippen molar-refractivity contribution in [2.75, 3.05) is 6.61 Å². The van der Waals surface area contributed by atoms with Gasteiger partial charge in [-0.3, -0.25) is 0 Å². The van der Waals surface area contributed by atoms with Gasteiger partial charge in [0.05, 0.1) is 12.3 Å². The van der Waals surface area contributed by atoms with Crippen LogP contribution in [0.4, 0.5) is 5.69 Å². The average Bonchev–Trinajstić information content (AvgIpc) is 2.53. The number of allylic oxidation sites excluding steroid dienone is 3. The van der Waals surface area contributed by atoms with Crippen LogP contribution in [0.5, 0.6) is 0 Å². The van der Waals surface area contributed by atoms with Crippen molar-refractivity contribution in [2.24, 2.45) is 4.99 Å². The van der Waals surface area contributed by atoms with Crippen LogP contribution in [-0.2, 0) is 4.74 Å². The molecule has 0 aliphatic carbocycles. The van der Waals surface area contributed by atoms with E-state index in [0.29, 0.717) is 17.4 Å². The maximum absolute atomic E-state index is 6.12. The van der Waals surface area contributed by atoms with Crippen LogP contribution in [0.3, 0.4) is 0 Å². The number of nitrogens with zero attached hydrogens (tertiary/aromatic N) is 1. The normalized spacial score (nSPS) is 12.1. The Morgan fingerprint density at radius 1 is 1.18 bits per heavy atom. The summed E-state index contributed by atoms with van der Waals surface area (Å²) in [5.41, 5.74) is 2.49. The topological polar surface area (TPSA) is 21.6 Å². The summed E-state index contributed by atoms with van der Waals surface area (Å²) in [6, 6.07) is 17.3. The maximum Gasteiger partial charge on any atom is 0.145 e. The summed E-state index contributed by atoms with van der Waals surface area (Å²) in [5, 5.41) is 0.660. The smallest absolute Gasteiger partial charge is 0.145 e. The first-order valence-electron chi connectivity index (χ1n) is 7.10. The highest BCUT2D eigenvalue weighted by Gasteiger charge is 2.12. The Hall–Kier alpha value is -2.32. The van der Waals surface area contributed by atoms with E-state index in [1.807, 2.05) is 67.6 Å². The van der Waals surface area contributed by atoms with Gasteiger partial charge in [0.25, 0.3) is 0 Å². The third-order valence-electron chi connectivity index (χ3n) is 2.90. The van der Waals surface area contributed by atoms with Crippen LogP contribution in [0.25, 0.3) is 0 Å². The van der Waals surface area contributed by atoms with Gasteiger partial charge in [0.15, 0.2) is 0 Å². The number of rotatable bonds is 6. The molecule has 2 nitrogen and oxygen atoms in total. The number of aliphatic imine (C=N–C) groups is 1. The zero-order valence-corrected chi connectivity index (χ0v) is 13.3. The molecule has 0 radical (unpaired) electrons. The molecular formula is C19H18ClNO. The first-order valence-corrected chi connectivity index (χ1v) is 7.48. The van der Waals surface area contributed by atoms with Crippen molar-refractivity contribution in [1.29, 1.82) is 0 Å². The zero-order valence-electron chi connectivity index (χ0n) is 12.5. The van der Waals surface area contributed by atoms with E-state index in [9.17, 15) is 0 Å². The number of ether oxygens (including phenoxy) is 1. The second-order valence-electron chi connectivity index (χ2n) is 4.51. The van der Waals surface area contributed by atoms with Crippen LogP contribution in [0.1, 0.15) is 12.5 Å². The number of para-hydroxylation sites is 1. The lowest BCUT2D eigenvalue weighted by atomic mass is 10.1. The van der Waals surface area contributed by atoms with Crippen molar-refractivity contribution >= 4 is 23.0 Å². The Labute approximate surface area is 136 Å². The number of halogens is 1. The fourth-order valence-corrected chi connectivity index (χ4v) is 2.18. The second kappa shape index (κ2) is 8.20. The van der Waals surface area contributed by atoms with Crippen molar-refractivity contribution in [3.63, 3.8) is 0 Å². The van der Waals surface area contributed by atoms with Crippen LogP contribution in [-0.4, -0.2) is 12.3 Å². The van der Waals surface area contributed by atoms with Crippen molar-refractivity contribution in [3.05, 3.63) is 89.7 Å². The molecule has 0 atom stereocenters. The minimum absolute atomic E-state index is 0.550. The number of benzene rings is 2. The van der Waals surface area contributed by atoms with Gasteiger partial charge in [-0.05, 0) is 37.3 Å². The first kappa shape index (κ1) is 16.1. The molecule has 0 N–H and O–H groups in total. The Balaban J connectivity index is 2.56. The molecule has 0 bridgehead atoms. The summed E-state index contributed by atoms with van der Waals surface area (Å²) in [4.78, 5) is 4.72. The standard InChI is InChI=1S/C19H18ClNO/c1-3-9-18(22-4-2)19(15-10-8-11-16(20)14-15)21-17-12-6-5-7-13-17/h3,5-14H,1,4H2,2H3/b18-9+,21-19?. The Morgan fingerprint density at radius 3 is 2.59 bits per heavy atom. The van der Waals surface area contributed by atoms with Gasteiger partial charge in [-0.1, -0.05) is 54.6 Å². The lowest BCUT2D eigenvalue weighted by Gasteiger charge is -2.12. The van der Waals surface area contributed by atoms with E-state index in [4.69, 9.17) is 21.3 Å². The SMILES string of the molecule is C=C/C=C(/OCC)C(=Nc1ccccc1)c1cccc(Cl)c1. The molecule has 0 spiro atoms. The summed E-state index contributed by atoms with van der Waals surface area (Å²) in [7, 11) is 0. The molecule has 0 aromatic heterocycles. The second-order valence-corrected chi connectivity index (χ2v) is 4.94. The van der Waals surface area contributed by atoms with Gasteiger partial charge in [-0.15, -0.1) is 0 Å². The first-order chi connectivity index (χ1) is 10.7. The summed E-state index contributed by atoms with van der Waals surface area (Å²) in [6.45, 7) is 6.24. The van der Waals surface area contributed by atoms with Gasteiger partial charge >= 0.3 is 0 Å². The van der Waals surface area contributed by atoms with Crippen molar-refractivity contribution in [3.8, 4) is 0 Å². The van der Waals surface area contributed by atoms with Gasteiger partial charge < -0.3 is 4.74 Å². The largest absolute Gasteiger partial charge is 0.492 e. The Kier molecular flexibility index (Phi) is 5.99. The van der Waals surface area contributed by atoms with E-state index >= 15 is 0 Å². The van der Waals surface area contributed by atoms with Crippen molar-refractivity contribution in [1.82, 2.24) is 0 Å². The van der Waals surface area contributed by atoms with Crippen molar-refractivity contribution < 1.29 is 4.74 Å². The fraction of sp³-hybridized carbons (Fsp3) is 0.105. The molecule has 0 heterocycles. The molecule has 0 amide bonds. The quantitative estimate of drug-likeness (QED) is 0.388. The van der Waals surface area contributed by atoms with Crippen LogP contribution in [0.2, 0.25) is 5.02 Å². The maximum atomic E-state index is 6.12. The van der Waals surface area contributed by atoms with Gasteiger partial charge in [0, 0.05) is 10.6 Å². The number of hydrogen-bond acceptors (Lipinski definition) is 2. The van der Waals surface area contributed by atoms with E-state index < -0.39 is 0 Å². The van der Waals surface area contributed by atoms with Gasteiger partial charge in [-0.25, -0.2) is 4.99 Å². The van der Waals surface area contributed by atoms with Crippen LogP contribution in [0, 0.1) is 0 Å². The molecule has 0 saturated carbocycles. The molecule has 22 heavy (non-hydrogen) atoms. The minimum Gasteiger partial charge on any atom is -0.492 e. The molecule has 0 saturated heterocycles. The van der Waals surface area contributed by atoms with Crippen LogP contribution >= 0.6 is 11.6 Å². The number of hydrogen-bond donors (Lipinski definition) is 0. The minimum atomic E-state index is 0.550.